The van der Waals surface area contributed by atoms with Crippen LogP contribution >= 0.6 is 15.9 Å². The van der Waals surface area contributed by atoms with Gasteiger partial charge in [0.15, 0.2) is 6.23 Å². The molecule has 5 nitrogen and oxygen atoms in total. The SMILES string of the molecule is Cc1nc(Br)cc(OC2CC(C)NN2)n1. The Labute approximate surface area is 96.7 Å². The predicted molar refractivity (Wildman–Crippen MR) is 59.2 cm³/mol. The van der Waals surface area contributed by atoms with E-state index in [-0.39, 0.29) is 6.23 Å². The summed E-state index contributed by atoms with van der Waals surface area (Å²) in [6.45, 7) is 3.93. The molecular formula is C9H13BrN4O. The number of aromatic nitrogens is 2. The van der Waals surface area contributed by atoms with Gasteiger partial charge in [0.05, 0.1) is 0 Å². The number of halogens is 1. The number of hydrazine groups is 1. The molecule has 2 unspecified atom stereocenters. The molecule has 1 fully saturated rings. The van der Waals surface area contributed by atoms with Crippen LogP contribution in [0, 0.1) is 6.92 Å². The second-order valence-electron chi connectivity index (χ2n) is 3.61. The Balaban J connectivity index is 2.04. The number of rotatable bonds is 2. The third-order valence-electron chi connectivity index (χ3n) is 2.10. The normalized spacial score (nSPS) is 25.5. The second-order valence-corrected chi connectivity index (χ2v) is 4.42. The number of aryl methyl sites for hydroxylation is 1. The van der Waals surface area contributed by atoms with E-state index >= 15 is 0 Å². The van der Waals surface area contributed by atoms with Crippen LogP contribution in [0.15, 0.2) is 10.7 Å². The Morgan fingerprint density at radius 2 is 2.27 bits per heavy atom. The average Bonchev–Trinajstić information content (AvgIpc) is 2.49. The van der Waals surface area contributed by atoms with E-state index in [0.29, 0.717) is 17.7 Å². The monoisotopic (exact) mass is 272 g/mol. The number of hydrogen-bond acceptors (Lipinski definition) is 5. The van der Waals surface area contributed by atoms with Crippen molar-refractivity contribution in [2.45, 2.75) is 32.5 Å². The van der Waals surface area contributed by atoms with Gasteiger partial charge in [-0.25, -0.2) is 10.4 Å². The molecule has 2 atom stereocenters. The summed E-state index contributed by atoms with van der Waals surface area (Å²) in [5.74, 6) is 1.28. The lowest BCUT2D eigenvalue weighted by atomic mass is 10.2. The maximum absolute atomic E-state index is 5.65. The number of hydrogen-bond donors (Lipinski definition) is 2. The highest BCUT2D eigenvalue weighted by molar-refractivity contribution is 9.10. The molecule has 6 heteroatoms. The summed E-state index contributed by atoms with van der Waals surface area (Å²) >= 11 is 3.31. The van der Waals surface area contributed by atoms with Crippen LogP contribution in [0.3, 0.4) is 0 Å². The molecule has 1 aliphatic heterocycles. The van der Waals surface area contributed by atoms with Crippen molar-refractivity contribution in [2.75, 3.05) is 0 Å². The fourth-order valence-electron chi connectivity index (χ4n) is 1.46. The summed E-state index contributed by atoms with van der Waals surface area (Å²) in [6.07, 6.45) is 0.891. The summed E-state index contributed by atoms with van der Waals surface area (Å²) in [5.41, 5.74) is 6.13. The van der Waals surface area contributed by atoms with Gasteiger partial charge in [-0.2, -0.15) is 4.98 Å². The van der Waals surface area contributed by atoms with Crippen LogP contribution in [-0.4, -0.2) is 22.2 Å². The highest BCUT2D eigenvalue weighted by atomic mass is 79.9. The fourth-order valence-corrected chi connectivity index (χ4v) is 1.92. The molecule has 1 aromatic rings. The Morgan fingerprint density at radius 1 is 1.47 bits per heavy atom. The van der Waals surface area contributed by atoms with Gasteiger partial charge in [-0.05, 0) is 29.8 Å². The van der Waals surface area contributed by atoms with E-state index in [2.05, 4.69) is 43.7 Å². The zero-order chi connectivity index (χ0) is 10.8. The van der Waals surface area contributed by atoms with E-state index in [1.807, 2.05) is 6.92 Å². The molecule has 0 aliphatic carbocycles. The van der Waals surface area contributed by atoms with Crippen LogP contribution in [0.2, 0.25) is 0 Å². The molecule has 1 saturated heterocycles. The zero-order valence-electron chi connectivity index (χ0n) is 8.62. The molecule has 0 bridgehead atoms. The van der Waals surface area contributed by atoms with Crippen molar-refractivity contribution in [3.8, 4) is 5.88 Å². The van der Waals surface area contributed by atoms with Crippen molar-refractivity contribution >= 4 is 15.9 Å². The molecule has 0 spiro atoms. The molecule has 82 valence electrons. The van der Waals surface area contributed by atoms with Crippen LogP contribution in [0.25, 0.3) is 0 Å². The van der Waals surface area contributed by atoms with Gasteiger partial charge in [-0.1, -0.05) is 0 Å². The molecule has 1 aliphatic rings. The van der Waals surface area contributed by atoms with E-state index < -0.39 is 0 Å². The zero-order valence-corrected chi connectivity index (χ0v) is 10.2. The summed E-state index contributed by atoms with van der Waals surface area (Å²) in [4.78, 5) is 8.30. The third-order valence-corrected chi connectivity index (χ3v) is 2.51. The minimum atomic E-state index is -0.0267. The molecule has 0 radical (unpaired) electrons. The van der Waals surface area contributed by atoms with Gasteiger partial charge in [0, 0.05) is 18.5 Å². The quantitative estimate of drug-likeness (QED) is 0.791. The van der Waals surface area contributed by atoms with Crippen molar-refractivity contribution < 1.29 is 4.74 Å². The van der Waals surface area contributed by atoms with Crippen LogP contribution < -0.4 is 15.6 Å². The van der Waals surface area contributed by atoms with E-state index in [1.165, 1.54) is 0 Å². The first-order valence-electron chi connectivity index (χ1n) is 4.82. The summed E-state index contributed by atoms with van der Waals surface area (Å²) in [7, 11) is 0. The van der Waals surface area contributed by atoms with Gasteiger partial charge in [-0.3, -0.25) is 5.43 Å². The van der Waals surface area contributed by atoms with Crippen LogP contribution in [0.4, 0.5) is 0 Å². The minimum absolute atomic E-state index is 0.0267. The van der Waals surface area contributed by atoms with Gasteiger partial charge >= 0.3 is 0 Å². The molecule has 2 rings (SSSR count). The average molecular weight is 273 g/mol. The molecule has 2 N–H and O–H groups in total. The van der Waals surface area contributed by atoms with Crippen LogP contribution in [0.1, 0.15) is 19.2 Å². The summed E-state index contributed by atoms with van der Waals surface area (Å²) in [6, 6.07) is 2.18. The van der Waals surface area contributed by atoms with Gasteiger partial charge in [0.1, 0.15) is 10.4 Å². The number of nitrogens with one attached hydrogen (secondary N) is 2. The largest absolute Gasteiger partial charge is 0.457 e. The third kappa shape index (κ3) is 2.87. The van der Waals surface area contributed by atoms with E-state index in [1.54, 1.807) is 6.07 Å². The topological polar surface area (TPSA) is 59.1 Å². The van der Waals surface area contributed by atoms with Crippen molar-refractivity contribution in [3.05, 3.63) is 16.5 Å². The van der Waals surface area contributed by atoms with Crippen molar-refractivity contribution in [2.24, 2.45) is 0 Å². The van der Waals surface area contributed by atoms with Crippen molar-refractivity contribution in [1.82, 2.24) is 20.8 Å². The second kappa shape index (κ2) is 4.42. The lowest BCUT2D eigenvalue weighted by Gasteiger charge is -2.12. The van der Waals surface area contributed by atoms with E-state index in [0.717, 1.165) is 11.0 Å². The van der Waals surface area contributed by atoms with Gasteiger partial charge in [0.2, 0.25) is 5.88 Å². The lowest BCUT2D eigenvalue weighted by Crippen LogP contribution is -2.35. The Morgan fingerprint density at radius 3 is 2.87 bits per heavy atom. The maximum atomic E-state index is 5.65. The first-order chi connectivity index (χ1) is 7.13. The van der Waals surface area contributed by atoms with Gasteiger partial charge in [-0.15, -0.1) is 0 Å². The molecule has 1 aromatic heterocycles. The van der Waals surface area contributed by atoms with Crippen LogP contribution in [0.5, 0.6) is 5.88 Å². The van der Waals surface area contributed by atoms with Gasteiger partial charge < -0.3 is 4.74 Å². The molecular weight excluding hydrogens is 260 g/mol. The molecule has 0 amide bonds. The molecule has 15 heavy (non-hydrogen) atoms. The number of ether oxygens (including phenoxy) is 1. The Hall–Kier alpha value is -0.720. The molecule has 0 saturated carbocycles. The maximum Gasteiger partial charge on any atom is 0.219 e. The van der Waals surface area contributed by atoms with Crippen LogP contribution in [-0.2, 0) is 0 Å². The smallest absolute Gasteiger partial charge is 0.219 e. The highest BCUT2D eigenvalue weighted by Crippen LogP contribution is 2.16. The first-order valence-corrected chi connectivity index (χ1v) is 5.61. The molecule has 2 heterocycles. The van der Waals surface area contributed by atoms with E-state index in [9.17, 15) is 0 Å². The molecule has 0 aromatic carbocycles. The fraction of sp³-hybridized carbons (Fsp3) is 0.556. The summed E-state index contributed by atoms with van der Waals surface area (Å²) < 4.78 is 6.39. The van der Waals surface area contributed by atoms with E-state index in [4.69, 9.17) is 4.74 Å². The van der Waals surface area contributed by atoms with Crippen molar-refractivity contribution in [3.63, 3.8) is 0 Å². The minimum Gasteiger partial charge on any atom is -0.457 e. The number of nitrogens with zero attached hydrogens (tertiary/aromatic N) is 2. The highest BCUT2D eigenvalue weighted by Gasteiger charge is 2.21. The Kier molecular flexibility index (Phi) is 3.18. The summed E-state index contributed by atoms with van der Waals surface area (Å²) in [5, 5.41) is 0. The standard InChI is InChI=1S/C9H13BrN4O/c1-5-3-9(14-13-5)15-8-4-7(10)11-6(2)12-8/h4-5,9,13-14H,3H2,1-2H3. The predicted octanol–water partition coefficient (Wildman–Crippen LogP) is 1.14. The Bertz CT molecular complexity index is 340. The van der Waals surface area contributed by atoms with Gasteiger partial charge in [0.25, 0.3) is 0 Å². The first kappa shape index (κ1) is 10.8. The lowest BCUT2D eigenvalue weighted by molar-refractivity contribution is 0.171. The van der Waals surface area contributed by atoms with Crippen molar-refractivity contribution in [1.29, 1.82) is 0 Å².